The van der Waals surface area contributed by atoms with E-state index in [0.29, 0.717) is 0 Å². The number of hydrogen-bond acceptors (Lipinski definition) is 4. The van der Waals surface area contributed by atoms with Gasteiger partial charge in [-0.05, 0) is 70.5 Å². The number of benzene rings is 3. The molecule has 0 aliphatic carbocycles. The largest absolute Gasteiger partial charge is 0.392 e. The van der Waals surface area contributed by atoms with Gasteiger partial charge in [0.15, 0.2) is 0 Å². The monoisotopic (exact) mass is 559 g/mol. The molecule has 4 rings (SSSR count). The van der Waals surface area contributed by atoms with Gasteiger partial charge in [-0.15, -0.1) is 11.3 Å². The number of carbonyl (C=O) groups is 1. The van der Waals surface area contributed by atoms with Gasteiger partial charge in [0.25, 0.3) is 0 Å². The molecule has 0 fully saturated rings. The van der Waals surface area contributed by atoms with Crippen LogP contribution in [0.1, 0.15) is 47.4 Å². The van der Waals surface area contributed by atoms with Gasteiger partial charge in [-0.25, -0.2) is 8.78 Å². The van der Waals surface area contributed by atoms with Gasteiger partial charge >= 0.3 is 0 Å². The molecule has 1 heterocycles. The number of thiophene rings is 1. The lowest BCUT2D eigenvalue weighted by Crippen LogP contribution is -2.31. The summed E-state index contributed by atoms with van der Waals surface area (Å²) in [7, 11) is 0. The van der Waals surface area contributed by atoms with Crippen molar-refractivity contribution >= 4 is 28.4 Å². The van der Waals surface area contributed by atoms with Gasteiger partial charge in [0.2, 0.25) is 5.91 Å². The maximum absolute atomic E-state index is 13.7. The first kappa shape index (κ1) is 29.1. The highest BCUT2D eigenvalue weighted by molar-refractivity contribution is 7.11. The van der Waals surface area contributed by atoms with Crippen LogP contribution in [0.4, 0.5) is 8.78 Å². The first-order valence-electron chi connectivity index (χ1n) is 13.0. The quantitative estimate of drug-likeness (QED) is 0.175. The van der Waals surface area contributed by atoms with E-state index >= 15 is 0 Å². The van der Waals surface area contributed by atoms with Crippen molar-refractivity contribution in [1.29, 1.82) is 0 Å². The van der Waals surface area contributed by atoms with E-state index in [4.69, 9.17) is 0 Å². The van der Waals surface area contributed by atoms with Crippen LogP contribution < -0.4 is 5.32 Å². The standard InChI is InChI=1S/C33H31F2NO3S/c1-22(23-6-3-2-4-7-23)36-32(39)21-29(38)20-28(37)17-18-30(31-8-5-19-40-31)33(24-9-13-26(34)14-10-24)25-11-15-27(35)16-12-25/h2-19,22,28-29,37-38H,20-21H2,1H3,(H,36,39)/b18-17+/t22-,28?,29?/m1/s1. The average Bonchev–Trinajstić information content (AvgIpc) is 3.47. The minimum Gasteiger partial charge on any atom is -0.392 e. The Morgan fingerprint density at radius 2 is 1.48 bits per heavy atom. The Morgan fingerprint density at radius 1 is 0.875 bits per heavy atom. The van der Waals surface area contributed by atoms with Crippen LogP contribution in [0.15, 0.2) is 109 Å². The zero-order valence-electron chi connectivity index (χ0n) is 22.0. The van der Waals surface area contributed by atoms with E-state index in [1.54, 1.807) is 36.4 Å². The van der Waals surface area contributed by atoms with Crippen molar-refractivity contribution in [3.8, 4) is 0 Å². The molecule has 0 aliphatic heterocycles. The zero-order chi connectivity index (χ0) is 28.5. The molecule has 0 saturated heterocycles. The van der Waals surface area contributed by atoms with Crippen LogP contribution >= 0.6 is 11.3 Å². The molecule has 0 aliphatic rings. The van der Waals surface area contributed by atoms with E-state index in [9.17, 15) is 23.8 Å². The summed E-state index contributed by atoms with van der Waals surface area (Å²) >= 11 is 1.49. The third-order valence-corrected chi connectivity index (χ3v) is 7.32. The highest BCUT2D eigenvalue weighted by Crippen LogP contribution is 2.35. The van der Waals surface area contributed by atoms with Crippen LogP contribution in [0.2, 0.25) is 0 Å². The highest BCUT2D eigenvalue weighted by Gasteiger charge is 2.18. The van der Waals surface area contributed by atoms with Crippen LogP contribution in [-0.2, 0) is 4.79 Å². The fraction of sp³-hybridized carbons (Fsp3) is 0.182. The number of rotatable bonds is 11. The number of allylic oxidation sites excluding steroid dienone is 2. The Morgan fingerprint density at radius 3 is 2.02 bits per heavy atom. The van der Waals surface area contributed by atoms with E-state index in [1.807, 2.05) is 54.8 Å². The highest BCUT2D eigenvalue weighted by atomic mass is 32.1. The molecule has 0 radical (unpaired) electrons. The number of carbonyl (C=O) groups excluding carboxylic acids is 1. The molecule has 40 heavy (non-hydrogen) atoms. The molecule has 1 amide bonds. The molecule has 206 valence electrons. The van der Waals surface area contributed by atoms with Crippen molar-refractivity contribution in [3.05, 3.63) is 142 Å². The third-order valence-electron chi connectivity index (χ3n) is 6.42. The minimum atomic E-state index is -1.05. The number of hydrogen-bond donors (Lipinski definition) is 3. The molecule has 4 aromatic rings. The topological polar surface area (TPSA) is 69.6 Å². The maximum atomic E-state index is 13.7. The van der Waals surface area contributed by atoms with E-state index in [0.717, 1.165) is 32.7 Å². The lowest BCUT2D eigenvalue weighted by atomic mass is 9.91. The predicted molar refractivity (Wildman–Crippen MR) is 156 cm³/mol. The van der Waals surface area contributed by atoms with Gasteiger partial charge in [-0.2, -0.15) is 0 Å². The van der Waals surface area contributed by atoms with E-state index in [-0.39, 0.29) is 36.4 Å². The molecular weight excluding hydrogens is 528 g/mol. The van der Waals surface area contributed by atoms with Gasteiger partial charge in [0, 0.05) is 11.3 Å². The number of amides is 1. The van der Waals surface area contributed by atoms with Crippen molar-refractivity contribution in [2.75, 3.05) is 0 Å². The van der Waals surface area contributed by atoms with Crippen LogP contribution in [0.25, 0.3) is 11.1 Å². The molecule has 1 aromatic heterocycles. The molecule has 0 bridgehead atoms. The Bertz CT molecular complexity index is 1390. The molecule has 7 heteroatoms. The summed E-state index contributed by atoms with van der Waals surface area (Å²) < 4.78 is 27.5. The Kier molecular flexibility index (Phi) is 10.1. The predicted octanol–water partition coefficient (Wildman–Crippen LogP) is 6.92. The lowest BCUT2D eigenvalue weighted by Gasteiger charge is -2.17. The Labute approximate surface area is 237 Å². The molecule has 2 unspecified atom stereocenters. The first-order valence-corrected chi connectivity index (χ1v) is 13.9. The molecule has 3 N–H and O–H groups in total. The summed E-state index contributed by atoms with van der Waals surface area (Å²) in [5.41, 5.74) is 3.89. The van der Waals surface area contributed by atoms with Crippen LogP contribution in [-0.4, -0.2) is 28.3 Å². The van der Waals surface area contributed by atoms with Crippen molar-refractivity contribution in [2.24, 2.45) is 0 Å². The second kappa shape index (κ2) is 13.9. The summed E-state index contributed by atoms with van der Waals surface area (Å²) in [6, 6.07) is 25.2. The van der Waals surface area contributed by atoms with Gasteiger partial charge in [-0.3, -0.25) is 4.79 Å². The van der Waals surface area contributed by atoms with Gasteiger partial charge in [0.05, 0.1) is 24.7 Å². The average molecular weight is 560 g/mol. The Hall–Kier alpha value is -3.91. The van der Waals surface area contributed by atoms with Crippen LogP contribution in [0.3, 0.4) is 0 Å². The number of aliphatic hydroxyl groups excluding tert-OH is 2. The number of aliphatic hydroxyl groups is 2. The van der Waals surface area contributed by atoms with Crippen molar-refractivity contribution in [2.45, 2.75) is 38.0 Å². The van der Waals surface area contributed by atoms with Crippen LogP contribution in [0, 0.1) is 11.6 Å². The maximum Gasteiger partial charge on any atom is 0.223 e. The molecule has 4 nitrogen and oxygen atoms in total. The van der Waals surface area contributed by atoms with E-state index < -0.39 is 12.2 Å². The second-order valence-corrected chi connectivity index (χ2v) is 10.4. The number of nitrogens with one attached hydrogen (secondary N) is 1. The summed E-state index contributed by atoms with van der Waals surface area (Å²) in [4.78, 5) is 13.4. The first-order chi connectivity index (χ1) is 19.3. The number of halogens is 2. The lowest BCUT2D eigenvalue weighted by molar-refractivity contribution is -0.123. The second-order valence-electron chi connectivity index (χ2n) is 9.50. The van der Waals surface area contributed by atoms with E-state index in [1.165, 1.54) is 35.6 Å². The fourth-order valence-electron chi connectivity index (χ4n) is 4.42. The normalized spacial score (nSPS) is 13.5. The van der Waals surface area contributed by atoms with Crippen molar-refractivity contribution < 1.29 is 23.8 Å². The molecule has 0 spiro atoms. The van der Waals surface area contributed by atoms with Gasteiger partial charge in [0.1, 0.15) is 11.6 Å². The van der Waals surface area contributed by atoms with Crippen LogP contribution in [0.5, 0.6) is 0 Å². The molecule has 3 atom stereocenters. The third kappa shape index (κ3) is 8.05. The van der Waals surface area contributed by atoms with Crippen molar-refractivity contribution in [1.82, 2.24) is 5.32 Å². The summed E-state index contributed by atoms with van der Waals surface area (Å²) in [6.45, 7) is 1.87. The van der Waals surface area contributed by atoms with Gasteiger partial charge < -0.3 is 15.5 Å². The molecule has 3 aromatic carbocycles. The summed E-state index contributed by atoms with van der Waals surface area (Å²) in [5, 5.41) is 26.0. The smallest absolute Gasteiger partial charge is 0.223 e. The van der Waals surface area contributed by atoms with Gasteiger partial charge in [-0.1, -0.05) is 72.8 Å². The minimum absolute atomic E-state index is 0.0379. The Balaban J connectivity index is 1.54. The zero-order valence-corrected chi connectivity index (χ0v) is 22.8. The molecular formula is C33H31F2NO3S. The van der Waals surface area contributed by atoms with Crippen molar-refractivity contribution in [3.63, 3.8) is 0 Å². The van der Waals surface area contributed by atoms with E-state index in [2.05, 4.69) is 5.32 Å². The SMILES string of the molecule is C[C@@H](NC(=O)CC(O)CC(O)/C=C/C(=C(c1ccc(F)cc1)c1ccc(F)cc1)c1cccs1)c1ccccc1. The fourth-order valence-corrected chi connectivity index (χ4v) is 5.18. The summed E-state index contributed by atoms with van der Waals surface area (Å²) in [6.07, 6.45) is 1.05. The summed E-state index contributed by atoms with van der Waals surface area (Å²) in [5.74, 6) is -1.06. The molecule has 0 saturated carbocycles.